The quantitative estimate of drug-likeness (QED) is 0.557. The molecule has 3 heteroatoms. The molecule has 0 aromatic heterocycles. The zero-order valence-corrected chi connectivity index (χ0v) is 7.92. The molecule has 4 aliphatic rings. The lowest BCUT2D eigenvalue weighted by Gasteiger charge is -2.25. The van der Waals surface area contributed by atoms with E-state index in [0.29, 0.717) is 11.8 Å². The molecule has 13 heavy (non-hydrogen) atoms. The Bertz CT molecular complexity index is 238. The Morgan fingerprint density at radius 2 is 1.54 bits per heavy atom. The van der Waals surface area contributed by atoms with Crippen molar-refractivity contribution in [1.82, 2.24) is 0 Å². The van der Waals surface area contributed by atoms with Crippen molar-refractivity contribution in [3.63, 3.8) is 0 Å². The van der Waals surface area contributed by atoms with E-state index in [1.807, 2.05) is 6.92 Å². The molecule has 2 aliphatic carbocycles. The maximum atomic E-state index is 9.95. The summed E-state index contributed by atoms with van der Waals surface area (Å²) in [4.78, 5) is 0. The number of fused-ring (bicyclic) bond motifs is 2. The fourth-order valence-corrected chi connectivity index (χ4v) is 3.40. The molecule has 0 aromatic carbocycles. The second-order valence-corrected chi connectivity index (χ2v) is 4.92. The van der Waals surface area contributed by atoms with E-state index in [2.05, 4.69) is 6.92 Å². The molecule has 4 bridgehead atoms. The molecule has 74 valence electrons. The third kappa shape index (κ3) is 0.808. The second-order valence-electron chi connectivity index (χ2n) is 4.92. The van der Waals surface area contributed by atoms with Gasteiger partial charge in [-0.1, -0.05) is 13.8 Å². The molecule has 2 saturated carbocycles. The Kier molecular flexibility index (Phi) is 1.43. The highest BCUT2D eigenvalue weighted by atomic mass is 16.5. The smallest absolute Gasteiger partial charge is 0.0891 e. The summed E-state index contributed by atoms with van der Waals surface area (Å²) in [7, 11) is 0. The van der Waals surface area contributed by atoms with Crippen molar-refractivity contribution in [3.8, 4) is 0 Å². The first-order valence-electron chi connectivity index (χ1n) is 5.14. The van der Waals surface area contributed by atoms with Gasteiger partial charge < -0.3 is 14.9 Å². The van der Waals surface area contributed by atoms with Gasteiger partial charge in [-0.15, -0.1) is 0 Å². The monoisotopic (exact) mass is 184 g/mol. The van der Waals surface area contributed by atoms with Crippen LogP contribution in [0.3, 0.4) is 0 Å². The van der Waals surface area contributed by atoms with Crippen LogP contribution in [0.25, 0.3) is 0 Å². The minimum Gasteiger partial charge on any atom is -0.392 e. The molecule has 2 saturated heterocycles. The minimum atomic E-state index is -0.329. The summed E-state index contributed by atoms with van der Waals surface area (Å²) in [6.07, 6.45) is -0.507. The highest BCUT2D eigenvalue weighted by molar-refractivity contribution is 5.16. The Labute approximate surface area is 77.7 Å². The van der Waals surface area contributed by atoms with E-state index < -0.39 is 0 Å². The van der Waals surface area contributed by atoms with E-state index in [9.17, 15) is 10.2 Å². The van der Waals surface area contributed by atoms with Crippen molar-refractivity contribution in [3.05, 3.63) is 0 Å². The van der Waals surface area contributed by atoms with Crippen molar-refractivity contribution in [2.45, 2.75) is 38.3 Å². The first-order valence-corrected chi connectivity index (χ1v) is 5.14. The topological polar surface area (TPSA) is 49.7 Å². The Balaban J connectivity index is 1.97. The number of hydrogen-bond donors (Lipinski definition) is 2. The normalized spacial score (nSPS) is 69.2. The molecule has 0 spiro atoms. The molecule has 2 aliphatic heterocycles. The van der Waals surface area contributed by atoms with E-state index in [-0.39, 0.29) is 36.3 Å². The largest absolute Gasteiger partial charge is 0.392 e. The molecule has 3 nitrogen and oxygen atoms in total. The van der Waals surface area contributed by atoms with Gasteiger partial charge in [0.15, 0.2) is 0 Å². The molecule has 0 aromatic rings. The minimum absolute atomic E-state index is 0.0741. The van der Waals surface area contributed by atoms with Crippen LogP contribution in [-0.2, 0) is 4.74 Å². The Morgan fingerprint density at radius 3 is 2.08 bits per heavy atom. The fourth-order valence-electron chi connectivity index (χ4n) is 3.40. The van der Waals surface area contributed by atoms with Crippen LogP contribution in [0.15, 0.2) is 0 Å². The van der Waals surface area contributed by atoms with Crippen molar-refractivity contribution < 1.29 is 14.9 Å². The van der Waals surface area contributed by atoms with Crippen LogP contribution in [0.2, 0.25) is 0 Å². The lowest BCUT2D eigenvalue weighted by atomic mass is 9.89. The average Bonchev–Trinajstić information content (AvgIpc) is 2.76. The lowest BCUT2D eigenvalue weighted by Crippen LogP contribution is -2.36. The number of aliphatic hydroxyl groups is 2. The van der Waals surface area contributed by atoms with Crippen LogP contribution in [0.1, 0.15) is 13.8 Å². The van der Waals surface area contributed by atoms with Gasteiger partial charge in [0.05, 0.1) is 24.4 Å². The van der Waals surface area contributed by atoms with Gasteiger partial charge in [0.1, 0.15) is 0 Å². The molecular formula is C10H16O3. The standard InChI is InChI=1S/C10H16O3/c1-3-5-6-8(12)9(13-10(5)6)4(2)7(3)11/h3-12H,1-2H3/t3?,4?,5-,6+,7?,8-,9+,10?/m0/s1. The summed E-state index contributed by atoms with van der Waals surface area (Å²) in [5, 5.41) is 19.8. The molecule has 8 atom stereocenters. The first-order chi connectivity index (χ1) is 6.13. The van der Waals surface area contributed by atoms with Gasteiger partial charge in [-0.05, 0) is 11.8 Å². The van der Waals surface area contributed by atoms with Crippen LogP contribution in [0, 0.1) is 23.7 Å². The first kappa shape index (κ1) is 8.21. The molecule has 0 radical (unpaired) electrons. The average molecular weight is 184 g/mol. The van der Waals surface area contributed by atoms with Gasteiger partial charge in [-0.25, -0.2) is 0 Å². The van der Waals surface area contributed by atoms with Crippen LogP contribution in [-0.4, -0.2) is 34.6 Å². The fraction of sp³-hybridized carbons (Fsp3) is 1.00. The van der Waals surface area contributed by atoms with Gasteiger partial charge in [0, 0.05) is 11.8 Å². The van der Waals surface area contributed by atoms with E-state index in [1.165, 1.54) is 0 Å². The molecule has 4 unspecified atom stereocenters. The van der Waals surface area contributed by atoms with Gasteiger partial charge in [-0.2, -0.15) is 0 Å². The summed E-state index contributed by atoms with van der Waals surface area (Å²) < 4.78 is 5.71. The number of aliphatic hydroxyl groups excluding tert-OH is 2. The van der Waals surface area contributed by atoms with Crippen molar-refractivity contribution in [2.24, 2.45) is 23.7 Å². The number of rotatable bonds is 0. The van der Waals surface area contributed by atoms with Crippen LogP contribution >= 0.6 is 0 Å². The van der Waals surface area contributed by atoms with Gasteiger partial charge >= 0.3 is 0 Å². The molecule has 2 N–H and O–H groups in total. The maximum Gasteiger partial charge on any atom is 0.0891 e. The molecule has 4 rings (SSSR count). The predicted octanol–water partition coefficient (Wildman–Crippen LogP) is 0.00740. The highest BCUT2D eigenvalue weighted by Crippen LogP contribution is 2.60. The summed E-state index contributed by atoms with van der Waals surface area (Å²) in [6, 6.07) is 0. The summed E-state index contributed by atoms with van der Waals surface area (Å²) in [6.45, 7) is 4.05. The molecule has 4 fully saturated rings. The van der Waals surface area contributed by atoms with Crippen molar-refractivity contribution >= 4 is 0 Å². The maximum absolute atomic E-state index is 9.95. The third-order valence-corrected chi connectivity index (χ3v) is 4.31. The molecule has 2 heterocycles. The van der Waals surface area contributed by atoms with Crippen LogP contribution < -0.4 is 0 Å². The summed E-state index contributed by atoms with van der Waals surface area (Å²) in [5.74, 6) is 1.09. The lowest BCUT2D eigenvalue weighted by molar-refractivity contribution is -0.0461. The number of ether oxygens (including phenoxy) is 1. The van der Waals surface area contributed by atoms with Gasteiger partial charge in [0.25, 0.3) is 0 Å². The zero-order valence-electron chi connectivity index (χ0n) is 7.92. The summed E-state index contributed by atoms with van der Waals surface area (Å²) in [5.41, 5.74) is 0. The van der Waals surface area contributed by atoms with Crippen molar-refractivity contribution in [1.29, 1.82) is 0 Å². The Hall–Kier alpha value is -0.120. The predicted molar refractivity (Wildman–Crippen MR) is 46.0 cm³/mol. The third-order valence-electron chi connectivity index (χ3n) is 4.31. The summed E-state index contributed by atoms with van der Waals surface area (Å²) >= 11 is 0. The van der Waals surface area contributed by atoms with E-state index in [4.69, 9.17) is 4.74 Å². The molecular weight excluding hydrogens is 168 g/mol. The van der Waals surface area contributed by atoms with Crippen LogP contribution in [0.4, 0.5) is 0 Å². The second kappa shape index (κ2) is 2.27. The van der Waals surface area contributed by atoms with E-state index in [0.717, 1.165) is 0 Å². The zero-order chi connectivity index (χ0) is 9.33. The molecule has 0 amide bonds. The van der Waals surface area contributed by atoms with Gasteiger partial charge in [-0.3, -0.25) is 0 Å². The SMILES string of the molecule is CC1C(O)C(C)[C@H]2OC3[C@@H]1[C@@H]3[C@@H]2O. The number of hydrogen-bond acceptors (Lipinski definition) is 3. The van der Waals surface area contributed by atoms with Gasteiger partial charge in [0.2, 0.25) is 0 Å². The van der Waals surface area contributed by atoms with E-state index in [1.54, 1.807) is 0 Å². The highest BCUT2D eigenvalue weighted by Gasteiger charge is 2.69. The Morgan fingerprint density at radius 1 is 0.846 bits per heavy atom. The van der Waals surface area contributed by atoms with E-state index >= 15 is 0 Å². The van der Waals surface area contributed by atoms with Crippen LogP contribution in [0.5, 0.6) is 0 Å². The van der Waals surface area contributed by atoms with Crippen molar-refractivity contribution in [2.75, 3.05) is 0 Å².